The fourth-order valence-corrected chi connectivity index (χ4v) is 4.81. The van der Waals surface area contributed by atoms with Crippen molar-refractivity contribution in [2.45, 2.75) is 30.6 Å². The van der Waals surface area contributed by atoms with Crippen molar-refractivity contribution in [1.29, 1.82) is 0 Å². The standard InChI is InChI=1S/C19H20N4O4S/c1-13-4-7-16(8-5-13)28(25,26)23-10-2-3-15(12-23)19-21-18(22-27-19)14-6-9-17(24)20-11-14/h4-9,11,15H,2-3,10,12H2,1H3,(H,20,24). The molecule has 1 N–H and O–H groups in total. The number of aryl methyl sites for hydroxylation is 1. The molecule has 1 unspecified atom stereocenters. The second-order valence-electron chi connectivity index (χ2n) is 6.91. The first kappa shape index (κ1) is 18.6. The highest BCUT2D eigenvalue weighted by molar-refractivity contribution is 7.89. The van der Waals surface area contributed by atoms with Gasteiger partial charge in [-0.2, -0.15) is 9.29 Å². The zero-order valence-corrected chi connectivity index (χ0v) is 16.1. The number of nitrogens with zero attached hydrogens (tertiary/aromatic N) is 3. The molecule has 1 aliphatic heterocycles. The number of benzene rings is 1. The van der Waals surface area contributed by atoms with E-state index in [1.807, 2.05) is 6.92 Å². The minimum atomic E-state index is -3.57. The van der Waals surface area contributed by atoms with E-state index in [-0.39, 0.29) is 11.5 Å². The highest BCUT2D eigenvalue weighted by Gasteiger charge is 2.33. The summed E-state index contributed by atoms with van der Waals surface area (Å²) < 4.78 is 32.8. The van der Waals surface area contributed by atoms with E-state index < -0.39 is 10.0 Å². The molecule has 1 saturated heterocycles. The van der Waals surface area contributed by atoms with Crippen LogP contribution >= 0.6 is 0 Å². The Labute approximate surface area is 162 Å². The molecule has 2 aromatic heterocycles. The number of nitrogens with one attached hydrogen (secondary N) is 1. The molecule has 3 heterocycles. The summed E-state index contributed by atoms with van der Waals surface area (Å²) in [7, 11) is -3.57. The van der Waals surface area contributed by atoms with E-state index in [1.165, 1.54) is 16.6 Å². The number of H-pyrrole nitrogens is 1. The van der Waals surface area contributed by atoms with Gasteiger partial charge in [-0.15, -0.1) is 0 Å². The molecule has 0 saturated carbocycles. The summed E-state index contributed by atoms with van der Waals surface area (Å²) in [5.74, 6) is 0.604. The fourth-order valence-electron chi connectivity index (χ4n) is 3.29. The van der Waals surface area contributed by atoms with Crippen LogP contribution in [0, 0.1) is 6.92 Å². The maximum absolute atomic E-state index is 13.0. The Bertz CT molecular complexity index is 1110. The van der Waals surface area contributed by atoms with Crippen LogP contribution in [-0.2, 0) is 10.0 Å². The molecule has 1 atom stereocenters. The average molecular weight is 400 g/mol. The van der Waals surface area contributed by atoms with Gasteiger partial charge in [0, 0.05) is 30.9 Å². The van der Waals surface area contributed by atoms with Gasteiger partial charge in [-0.1, -0.05) is 22.9 Å². The van der Waals surface area contributed by atoms with Gasteiger partial charge in [-0.25, -0.2) is 8.42 Å². The van der Waals surface area contributed by atoms with E-state index >= 15 is 0 Å². The summed E-state index contributed by atoms with van der Waals surface area (Å²) in [6, 6.07) is 9.86. The van der Waals surface area contributed by atoms with Crippen molar-refractivity contribution in [2.75, 3.05) is 13.1 Å². The van der Waals surface area contributed by atoms with Crippen LogP contribution < -0.4 is 5.56 Å². The molecule has 4 rings (SSSR count). The third kappa shape index (κ3) is 3.63. The van der Waals surface area contributed by atoms with Crippen molar-refractivity contribution in [3.05, 3.63) is 64.4 Å². The maximum Gasteiger partial charge on any atom is 0.247 e. The monoisotopic (exact) mass is 400 g/mol. The number of hydrogen-bond donors (Lipinski definition) is 1. The lowest BCUT2D eigenvalue weighted by atomic mass is 10.00. The zero-order valence-electron chi connectivity index (χ0n) is 15.3. The molecule has 0 radical (unpaired) electrons. The highest BCUT2D eigenvalue weighted by atomic mass is 32.2. The Morgan fingerprint density at radius 3 is 2.68 bits per heavy atom. The normalized spacial score (nSPS) is 18.2. The predicted octanol–water partition coefficient (Wildman–Crippen LogP) is 2.30. The van der Waals surface area contributed by atoms with Crippen molar-refractivity contribution < 1.29 is 12.9 Å². The molecular formula is C19H20N4O4S. The van der Waals surface area contributed by atoms with E-state index in [1.54, 1.807) is 30.3 Å². The van der Waals surface area contributed by atoms with Crippen LogP contribution in [0.2, 0.25) is 0 Å². The van der Waals surface area contributed by atoms with Gasteiger partial charge in [0.25, 0.3) is 0 Å². The van der Waals surface area contributed by atoms with Gasteiger partial charge >= 0.3 is 0 Å². The lowest BCUT2D eigenvalue weighted by Crippen LogP contribution is -2.39. The minimum Gasteiger partial charge on any atom is -0.339 e. The highest BCUT2D eigenvalue weighted by Crippen LogP contribution is 2.30. The number of hydrogen-bond acceptors (Lipinski definition) is 6. The van der Waals surface area contributed by atoms with E-state index in [0.29, 0.717) is 41.7 Å². The van der Waals surface area contributed by atoms with E-state index in [4.69, 9.17) is 4.52 Å². The van der Waals surface area contributed by atoms with Crippen molar-refractivity contribution in [2.24, 2.45) is 0 Å². The Balaban J connectivity index is 1.55. The molecule has 28 heavy (non-hydrogen) atoms. The second kappa shape index (κ2) is 7.33. The molecule has 8 nitrogen and oxygen atoms in total. The molecule has 9 heteroatoms. The molecule has 0 spiro atoms. The van der Waals surface area contributed by atoms with Gasteiger partial charge in [0.15, 0.2) is 0 Å². The summed E-state index contributed by atoms with van der Waals surface area (Å²) >= 11 is 0. The van der Waals surface area contributed by atoms with Gasteiger partial charge in [0.2, 0.25) is 27.3 Å². The van der Waals surface area contributed by atoms with Crippen LogP contribution in [0.25, 0.3) is 11.4 Å². The van der Waals surface area contributed by atoms with Crippen LogP contribution in [0.5, 0.6) is 0 Å². The summed E-state index contributed by atoms with van der Waals surface area (Å²) in [4.78, 5) is 18.5. The van der Waals surface area contributed by atoms with Crippen LogP contribution in [0.4, 0.5) is 0 Å². The quantitative estimate of drug-likeness (QED) is 0.720. The van der Waals surface area contributed by atoms with Crippen molar-refractivity contribution >= 4 is 10.0 Å². The van der Waals surface area contributed by atoms with E-state index in [2.05, 4.69) is 15.1 Å². The molecule has 3 aromatic rings. The maximum atomic E-state index is 13.0. The molecule has 146 valence electrons. The molecular weight excluding hydrogens is 380 g/mol. The molecule has 1 fully saturated rings. The van der Waals surface area contributed by atoms with E-state index in [9.17, 15) is 13.2 Å². The first-order valence-corrected chi connectivity index (χ1v) is 10.5. The minimum absolute atomic E-state index is 0.169. The lowest BCUT2D eigenvalue weighted by molar-refractivity contribution is 0.265. The number of aromatic nitrogens is 3. The van der Waals surface area contributed by atoms with Gasteiger partial charge in [0.05, 0.1) is 10.8 Å². The van der Waals surface area contributed by atoms with Crippen molar-refractivity contribution in [3.8, 4) is 11.4 Å². The number of aromatic amines is 1. The van der Waals surface area contributed by atoms with Crippen LogP contribution in [-0.4, -0.2) is 40.9 Å². The summed E-state index contributed by atoms with van der Waals surface area (Å²) in [6.45, 7) is 2.68. The smallest absolute Gasteiger partial charge is 0.247 e. The van der Waals surface area contributed by atoms with Gasteiger partial charge in [0.1, 0.15) is 0 Å². The SMILES string of the molecule is Cc1ccc(S(=O)(=O)N2CCCC(c3nc(-c4ccc(=O)[nH]c4)no3)C2)cc1. The third-order valence-corrected chi connectivity index (χ3v) is 6.76. The van der Waals surface area contributed by atoms with Crippen LogP contribution in [0.15, 0.2) is 56.8 Å². The third-order valence-electron chi connectivity index (χ3n) is 4.88. The largest absolute Gasteiger partial charge is 0.339 e. The Hall–Kier alpha value is -2.78. The van der Waals surface area contributed by atoms with E-state index in [0.717, 1.165) is 12.0 Å². The molecule has 0 bridgehead atoms. The molecule has 1 aromatic carbocycles. The first-order chi connectivity index (χ1) is 13.4. The summed E-state index contributed by atoms with van der Waals surface area (Å²) in [5, 5.41) is 3.97. The Morgan fingerprint density at radius 2 is 1.96 bits per heavy atom. The number of pyridine rings is 1. The second-order valence-corrected chi connectivity index (χ2v) is 8.85. The summed E-state index contributed by atoms with van der Waals surface area (Å²) in [5.41, 5.74) is 1.43. The van der Waals surface area contributed by atoms with Gasteiger partial charge in [-0.05, 0) is 38.0 Å². The average Bonchev–Trinajstić information content (AvgIpc) is 3.19. The number of sulfonamides is 1. The Morgan fingerprint density at radius 1 is 1.18 bits per heavy atom. The van der Waals surface area contributed by atoms with Gasteiger partial charge < -0.3 is 9.51 Å². The zero-order chi connectivity index (χ0) is 19.7. The Kier molecular flexibility index (Phi) is 4.86. The fraction of sp³-hybridized carbons (Fsp3) is 0.316. The topological polar surface area (TPSA) is 109 Å². The summed E-state index contributed by atoms with van der Waals surface area (Å²) in [6.07, 6.45) is 3.01. The van der Waals surface area contributed by atoms with Crippen LogP contribution in [0.1, 0.15) is 30.2 Å². The van der Waals surface area contributed by atoms with Crippen LogP contribution in [0.3, 0.4) is 0 Å². The lowest BCUT2D eigenvalue weighted by Gasteiger charge is -2.30. The first-order valence-electron chi connectivity index (χ1n) is 9.03. The predicted molar refractivity (Wildman–Crippen MR) is 102 cm³/mol. The van der Waals surface area contributed by atoms with Gasteiger partial charge in [-0.3, -0.25) is 4.79 Å². The molecule has 1 aliphatic rings. The van der Waals surface area contributed by atoms with Crippen molar-refractivity contribution in [1.82, 2.24) is 19.4 Å². The van der Waals surface area contributed by atoms with Crippen molar-refractivity contribution in [3.63, 3.8) is 0 Å². The molecule has 0 aliphatic carbocycles. The molecule has 0 amide bonds. The number of piperidine rings is 1. The number of rotatable bonds is 4.